The third-order valence-electron chi connectivity index (χ3n) is 3.44. The Morgan fingerprint density at radius 3 is 3.00 bits per heavy atom. The van der Waals surface area contributed by atoms with E-state index in [4.69, 9.17) is 10.5 Å². The maximum atomic E-state index is 12.2. The summed E-state index contributed by atoms with van der Waals surface area (Å²) in [5.74, 6) is 1.91. The highest BCUT2D eigenvalue weighted by molar-refractivity contribution is 8.01. The summed E-state index contributed by atoms with van der Waals surface area (Å²) in [6.45, 7) is 2.46. The third kappa shape index (κ3) is 3.15. The fourth-order valence-electron chi connectivity index (χ4n) is 2.26. The summed E-state index contributed by atoms with van der Waals surface area (Å²) in [6, 6.07) is 5.45. The van der Waals surface area contributed by atoms with Crippen LogP contribution in [0.5, 0.6) is 5.75 Å². The van der Waals surface area contributed by atoms with E-state index in [2.05, 4.69) is 5.32 Å². The van der Waals surface area contributed by atoms with Gasteiger partial charge in [0.2, 0.25) is 5.91 Å². The number of nitrogens with one attached hydrogen (secondary N) is 1. The minimum absolute atomic E-state index is 0.0967. The first kappa shape index (κ1) is 14.1. The zero-order chi connectivity index (χ0) is 13.9. The molecule has 1 atom stereocenters. The molecule has 104 valence electrons. The number of thioether (sulfide) groups is 1. The van der Waals surface area contributed by atoms with Crippen molar-refractivity contribution in [2.45, 2.75) is 31.1 Å². The second-order valence-electron chi connectivity index (χ2n) is 4.94. The Balaban J connectivity index is 2.02. The number of carbonyl (C=O) groups is 1. The van der Waals surface area contributed by atoms with E-state index in [0.717, 1.165) is 29.9 Å². The SMILES string of the molecule is COc1ccc(N)cc1CNC(=O)C1(C)CCCS1. The number of carbonyl (C=O) groups excluding carboxylic acids is 1. The molecular weight excluding hydrogens is 260 g/mol. The molecule has 4 nitrogen and oxygen atoms in total. The van der Waals surface area contributed by atoms with Gasteiger partial charge >= 0.3 is 0 Å². The number of ether oxygens (including phenoxy) is 1. The van der Waals surface area contributed by atoms with E-state index in [1.807, 2.05) is 19.1 Å². The van der Waals surface area contributed by atoms with Crippen molar-refractivity contribution in [2.75, 3.05) is 18.6 Å². The number of nitrogens with two attached hydrogens (primary N) is 1. The van der Waals surface area contributed by atoms with Crippen LogP contribution in [0.3, 0.4) is 0 Å². The lowest BCUT2D eigenvalue weighted by Gasteiger charge is -2.21. The first-order valence-electron chi connectivity index (χ1n) is 6.40. The Morgan fingerprint density at radius 2 is 2.37 bits per heavy atom. The van der Waals surface area contributed by atoms with E-state index in [0.29, 0.717) is 12.2 Å². The predicted octanol–water partition coefficient (Wildman–Crippen LogP) is 2.18. The highest BCUT2D eigenvalue weighted by atomic mass is 32.2. The molecule has 1 aliphatic heterocycles. The second-order valence-corrected chi connectivity index (χ2v) is 6.53. The molecule has 1 aromatic rings. The van der Waals surface area contributed by atoms with E-state index in [1.54, 1.807) is 24.9 Å². The lowest BCUT2D eigenvalue weighted by molar-refractivity contribution is -0.123. The van der Waals surface area contributed by atoms with Crippen molar-refractivity contribution in [3.63, 3.8) is 0 Å². The molecule has 2 rings (SSSR count). The predicted molar refractivity (Wildman–Crippen MR) is 79.4 cm³/mol. The molecule has 0 aromatic heterocycles. The lowest BCUT2D eigenvalue weighted by atomic mass is 10.0. The molecule has 0 radical (unpaired) electrons. The maximum Gasteiger partial charge on any atom is 0.236 e. The molecule has 1 unspecified atom stereocenters. The van der Waals surface area contributed by atoms with Crippen molar-refractivity contribution in [1.82, 2.24) is 5.32 Å². The molecule has 19 heavy (non-hydrogen) atoms. The van der Waals surface area contributed by atoms with Crippen molar-refractivity contribution in [1.29, 1.82) is 0 Å². The highest BCUT2D eigenvalue weighted by Crippen LogP contribution is 2.37. The molecule has 1 amide bonds. The van der Waals surface area contributed by atoms with Crippen LogP contribution in [0.2, 0.25) is 0 Å². The summed E-state index contributed by atoms with van der Waals surface area (Å²) in [6.07, 6.45) is 2.05. The average molecular weight is 280 g/mol. The number of benzene rings is 1. The van der Waals surface area contributed by atoms with Crippen LogP contribution < -0.4 is 15.8 Å². The number of hydrogen-bond acceptors (Lipinski definition) is 4. The molecule has 1 heterocycles. The quantitative estimate of drug-likeness (QED) is 0.830. The summed E-state index contributed by atoms with van der Waals surface area (Å²) < 4.78 is 4.99. The standard InChI is InChI=1S/C14H20N2O2S/c1-14(6-3-7-19-14)13(17)16-9-10-8-11(15)4-5-12(10)18-2/h4-5,8H,3,6-7,9,15H2,1-2H3,(H,16,17). The van der Waals surface area contributed by atoms with E-state index in [-0.39, 0.29) is 10.7 Å². The van der Waals surface area contributed by atoms with Crippen LogP contribution in [0.1, 0.15) is 25.3 Å². The maximum absolute atomic E-state index is 12.2. The van der Waals surface area contributed by atoms with Crippen LogP contribution in [0.25, 0.3) is 0 Å². The average Bonchev–Trinajstić information content (AvgIpc) is 2.84. The Labute approximate surface area is 118 Å². The van der Waals surface area contributed by atoms with Crippen LogP contribution in [0.15, 0.2) is 18.2 Å². The monoisotopic (exact) mass is 280 g/mol. The van der Waals surface area contributed by atoms with Gasteiger partial charge in [0.1, 0.15) is 5.75 Å². The first-order valence-corrected chi connectivity index (χ1v) is 7.38. The molecule has 1 fully saturated rings. The van der Waals surface area contributed by atoms with Crippen LogP contribution in [-0.2, 0) is 11.3 Å². The van der Waals surface area contributed by atoms with Crippen LogP contribution in [0.4, 0.5) is 5.69 Å². The third-order valence-corrected chi connectivity index (χ3v) is 4.96. The molecule has 1 saturated heterocycles. The fourth-order valence-corrected chi connectivity index (χ4v) is 3.49. The molecule has 0 saturated carbocycles. The van der Waals surface area contributed by atoms with Gasteiger partial charge in [-0.2, -0.15) is 0 Å². The Kier molecular flexibility index (Phi) is 4.24. The first-order chi connectivity index (χ1) is 9.05. The molecule has 5 heteroatoms. The van der Waals surface area contributed by atoms with Gasteiger partial charge in [0, 0.05) is 17.8 Å². The summed E-state index contributed by atoms with van der Waals surface area (Å²) in [7, 11) is 1.62. The van der Waals surface area contributed by atoms with E-state index in [9.17, 15) is 4.79 Å². The molecule has 1 aliphatic rings. The smallest absolute Gasteiger partial charge is 0.236 e. The van der Waals surface area contributed by atoms with Gasteiger partial charge in [0.15, 0.2) is 0 Å². The van der Waals surface area contributed by atoms with Gasteiger partial charge in [-0.05, 0) is 43.7 Å². The largest absolute Gasteiger partial charge is 0.496 e. The molecule has 0 bridgehead atoms. The summed E-state index contributed by atoms with van der Waals surface area (Å²) in [5.41, 5.74) is 7.34. The minimum atomic E-state index is -0.284. The fraction of sp³-hybridized carbons (Fsp3) is 0.500. The molecule has 1 aromatic carbocycles. The number of amides is 1. The van der Waals surface area contributed by atoms with Gasteiger partial charge in [0.05, 0.1) is 11.9 Å². The Bertz CT molecular complexity index is 471. The number of methoxy groups -OCH3 is 1. The van der Waals surface area contributed by atoms with Gasteiger partial charge in [-0.25, -0.2) is 0 Å². The summed E-state index contributed by atoms with van der Waals surface area (Å²) in [5, 5.41) is 2.99. The van der Waals surface area contributed by atoms with Crippen molar-refractivity contribution < 1.29 is 9.53 Å². The van der Waals surface area contributed by atoms with Crippen LogP contribution in [0, 0.1) is 0 Å². The van der Waals surface area contributed by atoms with E-state index < -0.39 is 0 Å². The minimum Gasteiger partial charge on any atom is -0.496 e. The lowest BCUT2D eigenvalue weighted by Crippen LogP contribution is -2.39. The van der Waals surface area contributed by atoms with Gasteiger partial charge in [-0.15, -0.1) is 11.8 Å². The zero-order valence-corrected chi connectivity index (χ0v) is 12.2. The van der Waals surface area contributed by atoms with Crippen molar-refractivity contribution in [2.24, 2.45) is 0 Å². The zero-order valence-electron chi connectivity index (χ0n) is 11.4. The highest BCUT2D eigenvalue weighted by Gasteiger charge is 2.36. The van der Waals surface area contributed by atoms with Crippen LogP contribution >= 0.6 is 11.8 Å². The molecule has 0 aliphatic carbocycles. The summed E-state index contributed by atoms with van der Waals surface area (Å²) >= 11 is 1.73. The van der Waals surface area contributed by atoms with Gasteiger partial charge < -0.3 is 15.8 Å². The number of anilines is 1. The number of hydrogen-bond donors (Lipinski definition) is 2. The van der Waals surface area contributed by atoms with Crippen LogP contribution in [-0.4, -0.2) is 23.5 Å². The second kappa shape index (κ2) is 5.74. The summed E-state index contributed by atoms with van der Waals surface area (Å²) in [4.78, 5) is 12.2. The Hall–Kier alpha value is -1.36. The van der Waals surface area contributed by atoms with Crippen molar-refractivity contribution in [3.8, 4) is 5.75 Å². The number of nitrogen functional groups attached to an aromatic ring is 1. The number of rotatable bonds is 4. The van der Waals surface area contributed by atoms with Crippen molar-refractivity contribution in [3.05, 3.63) is 23.8 Å². The molecule has 0 spiro atoms. The topological polar surface area (TPSA) is 64.3 Å². The molecular formula is C14H20N2O2S. The van der Waals surface area contributed by atoms with Crippen molar-refractivity contribution >= 4 is 23.4 Å². The van der Waals surface area contributed by atoms with E-state index in [1.165, 1.54) is 0 Å². The van der Waals surface area contributed by atoms with E-state index >= 15 is 0 Å². The van der Waals surface area contributed by atoms with Gasteiger partial charge in [0.25, 0.3) is 0 Å². The van der Waals surface area contributed by atoms with Gasteiger partial charge in [-0.1, -0.05) is 0 Å². The normalized spacial score (nSPS) is 22.2. The Morgan fingerprint density at radius 1 is 1.58 bits per heavy atom. The van der Waals surface area contributed by atoms with Gasteiger partial charge in [-0.3, -0.25) is 4.79 Å². The molecule has 3 N–H and O–H groups in total.